The van der Waals surface area contributed by atoms with Crippen molar-refractivity contribution >= 4 is 33.4 Å². The van der Waals surface area contributed by atoms with Crippen molar-refractivity contribution in [3.8, 4) is 0 Å². The first-order valence-corrected chi connectivity index (χ1v) is 8.27. The summed E-state index contributed by atoms with van der Waals surface area (Å²) in [5.41, 5.74) is 0.876. The van der Waals surface area contributed by atoms with E-state index in [0.717, 1.165) is 22.9 Å². The maximum Gasteiger partial charge on any atom is 0.227 e. The lowest BCUT2D eigenvalue weighted by atomic mass is 10.2. The van der Waals surface area contributed by atoms with Crippen LogP contribution < -0.4 is 5.32 Å². The van der Waals surface area contributed by atoms with Crippen LogP contribution in [0, 0.1) is 0 Å². The van der Waals surface area contributed by atoms with E-state index in [1.54, 1.807) is 6.07 Å². The van der Waals surface area contributed by atoms with Gasteiger partial charge in [0.2, 0.25) is 11.8 Å². The summed E-state index contributed by atoms with van der Waals surface area (Å²) in [5, 5.41) is 7.31. The van der Waals surface area contributed by atoms with Gasteiger partial charge in [0.15, 0.2) is 5.82 Å². The van der Waals surface area contributed by atoms with Crippen molar-refractivity contribution in [2.45, 2.75) is 39.2 Å². The van der Waals surface area contributed by atoms with E-state index in [2.05, 4.69) is 38.3 Å². The van der Waals surface area contributed by atoms with E-state index in [1.165, 1.54) is 0 Å². The summed E-state index contributed by atoms with van der Waals surface area (Å²) in [6.07, 6.45) is 2.50. The molecule has 118 valence electrons. The molecule has 2 rings (SSSR count). The molecular weight excluding hydrogens is 370 g/mol. The van der Waals surface area contributed by atoms with Gasteiger partial charge in [-0.1, -0.05) is 45.7 Å². The van der Waals surface area contributed by atoms with Gasteiger partial charge in [-0.3, -0.25) is 4.79 Å². The van der Waals surface area contributed by atoms with E-state index < -0.39 is 0 Å². The second-order valence-electron chi connectivity index (χ2n) is 4.87. The first kappa shape index (κ1) is 17.0. The molecule has 0 bridgehead atoms. The van der Waals surface area contributed by atoms with Gasteiger partial charge in [0.25, 0.3) is 0 Å². The fraction of sp³-hybridized carbons (Fsp3) is 0.400. The van der Waals surface area contributed by atoms with Gasteiger partial charge < -0.3 is 9.84 Å². The zero-order valence-electron chi connectivity index (χ0n) is 12.2. The van der Waals surface area contributed by atoms with E-state index >= 15 is 0 Å². The fourth-order valence-corrected chi connectivity index (χ4v) is 2.62. The first-order valence-electron chi connectivity index (χ1n) is 7.10. The van der Waals surface area contributed by atoms with Crippen LogP contribution >= 0.6 is 27.5 Å². The molecule has 0 aliphatic heterocycles. The van der Waals surface area contributed by atoms with Crippen LogP contribution in [0.5, 0.6) is 0 Å². The van der Waals surface area contributed by atoms with Crippen LogP contribution in [-0.2, 0) is 24.2 Å². The Hall–Kier alpha value is -1.40. The third-order valence-corrected chi connectivity index (χ3v) is 3.89. The molecule has 0 unspecified atom stereocenters. The smallest absolute Gasteiger partial charge is 0.227 e. The van der Waals surface area contributed by atoms with Gasteiger partial charge in [-0.2, -0.15) is 4.98 Å². The van der Waals surface area contributed by atoms with E-state index in [0.29, 0.717) is 36.1 Å². The van der Waals surface area contributed by atoms with Crippen molar-refractivity contribution in [3.05, 3.63) is 45.0 Å². The maximum atomic E-state index is 11.8. The summed E-state index contributed by atoms with van der Waals surface area (Å²) in [6, 6.07) is 5.57. The molecule has 22 heavy (non-hydrogen) atoms. The number of hydrogen-bond acceptors (Lipinski definition) is 4. The highest BCUT2D eigenvalue weighted by atomic mass is 79.9. The minimum atomic E-state index is -0.0748. The third kappa shape index (κ3) is 5.10. The number of benzene rings is 1. The van der Waals surface area contributed by atoms with E-state index in [-0.39, 0.29) is 5.91 Å². The minimum Gasteiger partial charge on any atom is -0.352 e. The molecule has 0 atom stereocenters. The van der Waals surface area contributed by atoms with Gasteiger partial charge >= 0.3 is 0 Å². The summed E-state index contributed by atoms with van der Waals surface area (Å²) >= 11 is 9.45. The highest BCUT2D eigenvalue weighted by molar-refractivity contribution is 9.10. The van der Waals surface area contributed by atoms with Crippen LogP contribution in [0.15, 0.2) is 27.2 Å². The Morgan fingerprint density at radius 1 is 1.41 bits per heavy atom. The van der Waals surface area contributed by atoms with Crippen LogP contribution in [0.3, 0.4) is 0 Å². The van der Waals surface area contributed by atoms with Gasteiger partial charge in [0.05, 0.1) is 0 Å². The Morgan fingerprint density at radius 3 is 2.95 bits per heavy atom. The van der Waals surface area contributed by atoms with Crippen LogP contribution in [0.2, 0.25) is 5.02 Å². The molecule has 1 N–H and O–H groups in total. The Morgan fingerprint density at radius 2 is 2.23 bits per heavy atom. The summed E-state index contributed by atoms with van der Waals surface area (Å²) in [5.74, 6) is 1.12. The number of rotatable bonds is 7. The number of nitrogens with one attached hydrogen (secondary N) is 1. The van der Waals surface area contributed by atoms with Gasteiger partial charge in [0.1, 0.15) is 0 Å². The van der Waals surface area contributed by atoms with Gasteiger partial charge in [-0.15, -0.1) is 0 Å². The standard InChI is InChI=1S/C15H17BrClN3O2/c1-2-3-13-19-15(22-20-13)7-6-14(21)18-9-10-4-5-11(16)8-12(10)17/h4-5,8H,2-3,6-7,9H2,1H3,(H,18,21). The largest absolute Gasteiger partial charge is 0.352 e. The number of aromatic nitrogens is 2. The molecule has 1 heterocycles. The lowest BCUT2D eigenvalue weighted by Crippen LogP contribution is -2.23. The maximum absolute atomic E-state index is 11.8. The van der Waals surface area contributed by atoms with Crippen molar-refractivity contribution in [3.63, 3.8) is 0 Å². The molecule has 0 saturated carbocycles. The lowest BCUT2D eigenvalue weighted by Gasteiger charge is -2.06. The molecule has 0 saturated heterocycles. The van der Waals surface area contributed by atoms with Crippen LogP contribution in [0.25, 0.3) is 0 Å². The first-order chi connectivity index (χ1) is 10.6. The highest BCUT2D eigenvalue weighted by Crippen LogP contribution is 2.21. The van der Waals surface area contributed by atoms with Crippen molar-refractivity contribution in [1.29, 1.82) is 0 Å². The highest BCUT2D eigenvalue weighted by Gasteiger charge is 2.09. The second kappa shape index (κ2) is 8.29. The zero-order chi connectivity index (χ0) is 15.9. The van der Waals surface area contributed by atoms with E-state index in [4.69, 9.17) is 16.1 Å². The van der Waals surface area contributed by atoms with Crippen LogP contribution in [0.4, 0.5) is 0 Å². The number of halogens is 2. The molecule has 7 heteroatoms. The number of amides is 1. The SMILES string of the molecule is CCCc1noc(CCC(=O)NCc2ccc(Br)cc2Cl)n1. The predicted molar refractivity (Wildman–Crippen MR) is 87.6 cm³/mol. The molecule has 1 aromatic carbocycles. The minimum absolute atomic E-state index is 0.0748. The Labute approximate surface area is 142 Å². The number of hydrogen-bond donors (Lipinski definition) is 1. The molecule has 5 nitrogen and oxygen atoms in total. The fourth-order valence-electron chi connectivity index (χ4n) is 1.88. The molecule has 2 aromatic rings. The zero-order valence-corrected chi connectivity index (χ0v) is 14.6. The van der Waals surface area contributed by atoms with Gasteiger partial charge in [0, 0.05) is 35.3 Å². The lowest BCUT2D eigenvalue weighted by molar-refractivity contribution is -0.121. The average molecular weight is 387 g/mol. The molecule has 0 fully saturated rings. The Bertz CT molecular complexity index is 645. The number of carbonyl (C=O) groups is 1. The molecule has 1 amide bonds. The molecule has 1 aromatic heterocycles. The van der Waals surface area contributed by atoms with Crippen LogP contribution in [-0.4, -0.2) is 16.0 Å². The van der Waals surface area contributed by atoms with Crippen molar-refractivity contribution in [2.24, 2.45) is 0 Å². The van der Waals surface area contributed by atoms with Crippen molar-refractivity contribution in [1.82, 2.24) is 15.5 Å². The molecular formula is C15H17BrClN3O2. The monoisotopic (exact) mass is 385 g/mol. The summed E-state index contributed by atoms with van der Waals surface area (Å²) in [4.78, 5) is 16.1. The van der Waals surface area contributed by atoms with Crippen molar-refractivity contribution < 1.29 is 9.32 Å². The summed E-state index contributed by atoms with van der Waals surface area (Å²) in [6.45, 7) is 2.45. The average Bonchev–Trinajstić information content (AvgIpc) is 2.92. The quantitative estimate of drug-likeness (QED) is 0.788. The molecule has 0 spiro atoms. The number of nitrogens with zero attached hydrogens (tertiary/aromatic N) is 2. The van der Waals surface area contributed by atoms with Crippen molar-refractivity contribution in [2.75, 3.05) is 0 Å². The van der Waals surface area contributed by atoms with Gasteiger partial charge in [-0.25, -0.2) is 0 Å². The Kier molecular flexibility index (Phi) is 6.39. The molecule has 0 aliphatic carbocycles. The third-order valence-electron chi connectivity index (χ3n) is 3.04. The van der Waals surface area contributed by atoms with Crippen LogP contribution in [0.1, 0.15) is 37.0 Å². The molecule has 0 aliphatic rings. The Balaban J connectivity index is 1.77. The second-order valence-corrected chi connectivity index (χ2v) is 6.19. The predicted octanol–water partition coefficient (Wildman–Crippen LogP) is 3.69. The topological polar surface area (TPSA) is 68.0 Å². The molecule has 0 radical (unpaired) electrons. The normalized spacial score (nSPS) is 10.7. The summed E-state index contributed by atoms with van der Waals surface area (Å²) < 4.78 is 6.00. The summed E-state index contributed by atoms with van der Waals surface area (Å²) in [7, 11) is 0. The van der Waals surface area contributed by atoms with E-state index in [9.17, 15) is 4.79 Å². The van der Waals surface area contributed by atoms with E-state index in [1.807, 2.05) is 12.1 Å². The van der Waals surface area contributed by atoms with Gasteiger partial charge in [-0.05, 0) is 24.1 Å². The number of aryl methyl sites for hydroxylation is 2. The number of carbonyl (C=O) groups excluding carboxylic acids is 1.